The van der Waals surface area contributed by atoms with Crippen molar-refractivity contribution in [3.05, 3.63) is 0 Å². The number of aliphatic hydroxyl groups is 5. The van der Waals surface area contributed by atoms with Gasteiger partial charge in [-0.1, -0.05) is 123 Å². The third-order valence-corrected chi connectivity index (χ3v) is 9.49. The van der Waals surface area contributed by atoms with E-state index in [1.54, 1.807) is 6.92 Å². The fourth-order valence-electron chi connectivity index (χ4n) is 5.50. The van der Waals surface area contributed by atoms with E-state index >= 15 is 0 Å². The Morgan fingerprint density at radius 2 is 1.00 bits per heavy atom. The number of hydrogen-bond donors (Lipinski definition) is 6. The van der Waals surface area contributed by atoms with E-state index in [4.69, 9.17) is 18.5 Å². The molecule has 1 rings (SSSR count). The van der Waals surface area contributed by atoms with Gasteiger partial charge < -0.3 is 39.9 Å². The summed E-state index contributed by atoms with van der Waals surface area (Å²) in [6.45, 7) is 2.63. The maximum atomic E-state index is 12.5. The molecule has 0 aliphatic heterocycles. The molecular formula is C33H63O13P. The number of aliphatic hydroxyl groups excluding tert-OH is 5. The number of carbonyl (C=O) groups excluding carboxylic acids is 2. The van der Waals surface area contributed by atoms with E-state index in [1.165, 1.54) is 89.9 Å². The van der Waals surface area contributed by atoms with Gasteiger partial charge in [0.05, 0.1) is 6.61 Å². The molecule has 0 aromatic rings. The highest BCUT2D eigenvalue weighted by molar-refractivity contribution is 7.47. The Bertz CT molecular complexity index is 859. The Morgan fingerprint density at radius 1 is 0.596 bits per heavy atom. The van der Waals surface area contributed by atoms with E-state index in [-0.39, 0.29) is 12.8 Å². The molecule has 0 aromatic heterocycles. The zero-order valence-corrected chi connectivity index (χ0v) is 29.5. The van der Waals surface area contributed by atoms with Crippen LogP contribution in [-0.2, 0) is 32.7 Å². The molecule has 0 amide bonds. The van der Waals surface area contributed by atoms with Gasteiger partial charge >= 0.3 is 19.8 Å². The summed E-state index contributed by atoms with van der Waals surface area (Å²) >= 11 is 0. The number of carbonyl (C=O) groups is 2. The van der Waals surface area contributed by atoms with Gasteiger partial charge in [0.25, 0.3) is 0 Å². The number of esters is 2. The summed E-state index contributed by atoms with van der Waals surface area (Å²) in [5.74, 6) is -1.19. The molecule has 1 saturated carbocycles. The van der Waals surface area contributed by atoms with Gasteiger partial charge in [-0.05, 0) is 6.42 Å². The van der Waals surface area contributed by atoms with Gasteiger partial charge in [-0.3, -0.25) is 18.6 Å². The van der Waals surface area contributed by atoms with Crippen LogP contribution in [0.1, 0.15) is 142 Å². The Hall–Kier alpha value is -1.15. The van der Waals surface area contributed by atoms with E-state index in [9.17, 15) is 44.6 Å². The van der Waals surface area contributed by atoms with Crippen LogP contribution in [0.15, 0.2) is 0 Å². The van der Waals surface area contributed by atoms with Gasteiger partial charge in [0.2, 0.25) is 0 Å². The molecule has 1 aliphatic carbocycles. The van der Waals surface area contributed by atoms with Gasteiger partial charge in [0.1, 0.15) is 43.2 Å². The largest absolute Gasteiger partial charge is 0.472 e. The minimum absolute atomic E-state index is 0.0520. The molecule has 14 heteroatoms. The quantitative estimate of drug-likeness (QED) is 0.0375. The van der Waals surface area contributed by atoms with Crippen molar-refractivity contribution in [2.45, 2.75) is 185 Å². The first-order chi connectivity index (χ1) is 22.4. The van der Waals surface area contributed by atoms with Crippen LogP contribution >= 0.6 is 7.82 Å². The van der Waals surface area contributed by atoms with E-state index in [1.807, 2.05) is 0 Å². The first kappa shape index (κ1) is 43.9. The number of hydrogen-bond acceptors (Lipinski definition) is 12. The average molecular weight is 699 g/mol. The van der Waals surface area contributed by atoms with Gasteiger partial charge in [-0.15, -0.1) is 0 Å². The fourth-order valence-corrected chi connectivity index (χ4v) is 6.48. The second-order valence-electron chi connectivity index (χ2n) is 12.7. The van der Waals surface area contributed by atoms with Gasteiger partial charge in [-0.2, -0.15) is 0 Å². The highest BCUT2D eigenvalue weighted by atomic mass is 31.2. The van der Waals surface area contributed by atoms with Crippen molar-refractivity contribution >= 4 is 19.8 Å². The standard InChI is InChI=1S/C33H63O13P/c1-3-5-6-7-8-9-10-11-12-13-14-15-16-17-18-19-20-21-22-27(35)45-25(23-43-26(34)4-2)24-44-47(41,42)46-33-31(39)29(37)28(36)30(38)32(33)40/h25,28-33,36-40H,3-24H2,1-2H3,(H,41,42). The van der Waals surface area contributed by atoms with Gasteiger partial charge in [-0.25, -0.2) is 4.57 Å². The maximum Gasteiger partial charge on any atom is 0.472 e. The third kappa shape index (κ3) is 19.6. The minimum Gasteiger partial charge on any atom is -0.462 e. The molecule has 1 aliphatic rings. The molecule has 6 unspecified atom stereocenters. The average Bonchev–Trinajstić information content (AvgIpc) is 3.05. The maximum absolute atomic E-state index is 12.5. The normalized spacial score (nSPS) is 24.9. The monoisotopic (exact) mass is 698 g/mol. The van der Waals surface area contributed by atoms with E-state index in [0.29, 0.717) is 6.42 Å². The van der Waals surface area contributed by atoms with Crippen molar-refractivity contribution in [2.75, 3.05) is 13.2 Å². The van der Waals surface area contributed by atoms with Gasteiger partial charge in [0, 0.05) is 12.8 Å². The topological polar surface area (TPSA) is 210 Å². The van der Waals surface area contributed by atoms with Crippen LogP contribution in [-0.4, -0.2) is 98.3 Å². The molecule has 6 atom stereocenters. The minimum atomic E-state index is -5.07. The summed E-state index contributed by atoms with van der Waals surface area (Å²) in [6, 6.07) is 0. The molecule has 0 spiro atoms. The Balaban J connectivity index is 2.27. The predicted molar refractivity (Wildman–Crippen MR) is 175 cm³/mol. The highest BCUT2D eigenvalue weighted by Crippen LogP contribution is 2.47. The number of rotatable bonds is 28. The third-order valence-electron chi connectivity index (χ3n) is 8.50. The first-order valence-corrected chi connectivity index (χ1v) is 19.3. The lowest BCUT2D eigenvalue weighted by Gasteiger charge is -2.41. The molecule has 0 radical (unpaired) electrons. The molecular weight excluding hydrogens is 635 g/mol. The van der Waals surface area contributed by atoms with E-state index < -0.39 is 75.7 Å². The van der Waals surface area contributed by atoms with Crippen LogP contribution in [0.5, 0.6) is 0 Å². The van der Waals surface area contributed by atoms with Crippen molar-refractivity contribution in [3.8, 4) is 0 Å². The fraction of sp³-hybridized carbons (Fsp3) is 0.939. The van der Waals surface area contributed by atoms with Crippen LogP contribution in [0.2, 0.25) is 0 Å². The Morgan fingerprint density at radius 3 is 1.43 bits per heavy atom. The van der Waals surface area contributed by atoms with E-state index in [0.717, 1.165) is 19.3 Å². The number of phosphoric acid groups is 1. The molecule has 0 aromatic carbocycles. The van der Waals surface area contributed by atoms with Crippen molar-refractivity contribution in [1.29, 1.82) is 0 Å². The summed E-state index contributed by atoms with van der Waals surface area (Å²) in [5.41, 5.74) is 0. The molecule has 1 fully saturated rings. The van der Waals surface area contributed by atoms with Crippen LogP contribution in [0.25, 0.3) is 0 Å². The van der Waals surface area contributed by atoms with Gasteiger partial charge in [0.15, 0.2) is 6.10 Å². The van der Waals surface area contributed by atoms with Crippen molar-refractivity contribution in [3.63, 3.8) is 0 Å². The first-order valence-electron chi connectivity index (χ1n) is 17.8. The summed E-state index contributed by atoms with van der Waals surface area (Å²) in [7, 11) is -5.07. The lowest BCUT2D eigenvalue weighted by molar-refractivity contribution is -0.220. The molecule has 6 N–H and O–H groups in total. The number of unbranched alkanes of at least 4 members (excludes halogenated alkanes) is 17. The summed E-state index contributed by atoms with van der Waals surface area (Å²) in [6.07, 6.45) is 9.03. The van der Waals surface area contributed by atoms with Crippen molar-refractivity contribution in [2.24, 2.45) is 0 Å². The summed E-state index contributed by atoms with van der Waals surface area (Å²) in [4.78, 5) is 34.2. The number of ether oxygens (including phenoxy) is 2. The molecule has 13 nitrogen and oxygen atoms in total. The molecule has 0 heterocycles. The Kier molecular flexibility index (Phi) is 24.1. The summed E-state index contributed by atoms with van der Waals surface area (Å²) in [5, 5.41) is 49.4. The number of phosphoric ester groups is 1. The second-order valence-corrected chi connectivity index (χ2v) is 14.1. The lowest BCUT2D eigenvalue weighted by Crippen LogP contribution is -2.64. The lowest BCUT2D eigenvalue weighted by atomic mass is 9.85. The van der Waals surface area contributed by atoms with Crippen molar-refractivity contribution < 1.29 is 63.1 Å². The highest BCUT2D eigenvalue weighted by Gasteiger charge is 2.51. The zero-order chi connectivity index (χ0) is 35.1. The second kappa shape index (κ2) is 25.8. The SMILES string of the molecule is CCCCCCCCCCCCCCCCCCCCC(=O)OC(COC(=O)CC)COP(=O)(O)OC1C(O)C(O)C(O)C(O)C1O. The van der Waals surface area contributed by atoms with E-state index in [2.05, 4.69) is 6.92 Å². The predicted octanol–water partition coefficient (Wildman–Crippen LogP) is 4.60. The molecule has 278 valence electrons. The van der Waals surface area contributed by atoms with Crippen LogP contribution < -0.4 is 0 Å². The van der Waals surface area contributed by atoms with Crippen LogP contribution in [0.4, 0.5) is 0 Å². The molecule has 0 saturated heterocycles. The van der Waals surface area contributed by atoms with Crippen molar-refractivity contribution in [1.82, 2.24) is 0 Å². The molecule has 47 heavy (non-hydrogen) atoms. The summed E-state index contributed by atoms with van der Waals surface area (Å²) < 4.78 is 32.5. The Labute approximate surface area is 281 Å². The van der Waals surface area contributed by atoms with Crippen LogP contribution in [0.3, 0.4) is 0 Å². The zero-order valence-electron chi connectivity index (χ0n) is 28.6. The molecule has 0 bridgehead atoms. The van der Waals surface area contributed by atoms with Crippen LogP contribution in [0, 0.1) is 0 Å². The smallest absolute Gasteiger partial charge is 0.462 e.